The number of amides is 2. The van der Waals surface area contributed by atoms with Gasteiger partial charge in [-0.05, 0) is 57.4 Å². The summed E-state index contributed by atoms with van der Waals surface area (Å²) in [5.41, 5.74) is 0. The molecule has 0 radical (unpaired) electrons. The molecule has 0 rings (SSSR count). The molecule has 4 N–H and O–H groups in total. The monoisotopic (exact) mass is 674 g/mol. The van der Waals surface area contributed by atoms with Gasteiger partial charge in [0.1, 0.15) is 12.1 Å². The van der Waals surface area contributed by atoms with E-state index in [0.717, 1.165) is 57.8 Å². The summed E-state index contributed by atoms with van der Waals surface area (Å²) in [6.07, 6.45) is 37.2. The third-order valence-corrected chi connectivity index (χ3v) is 7.82. The first-order chi connectivity index (χ1) is 23.3. The van der Waals surface area contributed by atoms with Crippen LogP contribution in [0.5, 0.6) is 0 Å². The number of carbonyl (C=O) groups excluding carboxylic acids is 3. The van der Waals surface area contributed by atoms with Crippen molar-refractivity contribution in [2.75, 3.05) is 13.2 Å². The number of carbonyl (C=O) groups is 4. The van der Waals surface area contributed by atoms with Crippen molar-refractivity contribution < 1.29 is 34.1 Å². The fourth-order valence-electron chi connectivity index (χ4n) is 4.98. The molecule has 0 aliphatic heterocycles. The first-order valence-electron chi connectivity index (χ1n) is 18.5. The Hall–Kier alpha value is -3.20. The number of ether oxygens (including phenoxy) is 1. The lowest BCUT2D eigenvalue weighted by Gasteiger charge is -2.15. The Kier molecular flexibility index (Phi) is 31.4. The zero-order valence-electron chi connectivity index (χ0n) is 30.0. The second-order valence-corrected chi connectivity index (χ2v) is 12.3. The lowest BCUT2D eigenvalue weighted by atomic mass is 10.1. The number of nitrogens with one attached hydrogen (secondary N) is 2. The maximum absolute atomic E-state index is 12.6. The van der Waals surface area contributed by atoms with Gasteiger partial charge in [-0.3, -0.25) is 14.4 Å². The minimum Gasteiger partial charge on any atom is -0.480 e. The summed E-state index contributed by atoms with van der Waals surface area (Å²) >= 11 is 0. The fraction of sp³-hybridized carbons (Fsp3) is 0.692. The molecule has 2 atom stereocenters. The number of aliphatic hydroxyl groups excluding tert-OH is 1. The topological polar surface area (TPSA) is 142 Å². The average molecular weight is 675 g/mol. The molecule has 48 heavy (non-hydrogen) atoms. The molecule has 0 heterocycles. The van der Waals surface area contributed by atoms with Crippen molar-refractivity contribution in [1.29, 1.82) is 0 Å². The summed E-state index contributed by atoms with van der Waals surface area (Å²) in [6, 6.07) is -1.40. The van der Waals surface area contributed by atoms with Crippen molar-refractivity contribution in [1.82, 2.24) is 10.6 Å². The molecule has 9 nitrogen and oxygen atoms in total. The second-order valence-electron chi connectivity index (χ2n) is 12.3. The molecule has 0 aromatic heterocycles. The second kappa shape index (κ2) is 33.7. The van der Waals surface area contributed by atoms with Crippen molar-refractivity contribution in [2.24, 2.45) is 0 Å². The van der Waals surface area contributed by atoms with Crippen molar-refractivity contribution in [3.63, 3.8) is 0 Å². The van der Waals surface area contributed by atoms with Gasteiger partial charge in [0.05, 0.1) is 13.2 Å². The van der Waals surface area contributed by atoms with Gasteiger partial charge < -0.3 is 25.6 Å². The fourth-order valence-corrected chi connectivity index (χ4v) is 4.98. The zero-order chi connectivity index (χ0) is 35.5. The molecular weight excluding hydrogens is 608 g/mol. The van der Waals surface area contributed by atoms with E-state index >= 15 is 0 Å². The molecule has 9 heteroatoms. The first-order valence-corrected chi connectivity index (χ1v) is 18.5. The SMILES string of the molecule is CC/C=C\C/C=C\C/C=C\C/C=C\C(CCCCCC(=O)NCC(=O)NC(CO)C(=O)O)OC(=O)CCCCCCCCCCCCC. The molecule has 0 saturated heterocycles. The van der Waals surface area contributed by atoms with Crippen LogP contribution in [0.15, 0.2) is 48.6 Å². The number of carboxylic acids is 1. The average Bonchev–Trinajstić information content (AvgIpc) is 3.07. The lowest BCUT2D eigenvalue weighted by molar-refractivity contribution is -0.147. The van der Waals surface area contributed by atoms with Gasteiger partial charge >= 0.3 is 11.9 Å². The van der Waals surface area contributed by atoms with Crippen LogP contribution in [0.25, 0.3) is 0 Å². The Balaban J connectivity index is 4.52. The number of carboxylic acid groups (broad SMARTS) is 1. The van der Waals surface area contributed by atoms with Gasteiger partial charge in [0.15, 0.2) is 0 Å². The number of esters is 1. The van der Waals surface area contributed by atoms with E-state index in [1.54, 1.807) is 0 Å². The number of rotatable bonds is 32. The molecule has 274 valence electrons. The molecule has 0 bridgehead atoms. The number of aliphatic carboxylic acids is 1. The lowest BCUT2D eigenvalue weighted by Crippen LogP contribution is -2.47. The van der Waals surface area contributed by atoms with E-state index < -0.39 is 24.5 Å². The van der Waals surface area contributed by atoms with Gasteiger partial charge in [-0.1, -0.05) is 127 Å². The van der Waals surface area contributed by atoms with Crippen LogP contribution in [-0.2, 0) is 23.9 Å². The molecule has 0 aliphatic carbocycles. The van der Waals surface area contributed by atoms with Crippen molar-refractivity contribution in [3.05, 3.63) is 48.6 Å². The Bertz CT molecular complexity index is 958. The highest BCUT2D eigenvalue weighted by atomic mass is 16.5. The number of aliphatic hydroxyl groups is 1. The van der Waals surface area contributed by atoms with Gasteiger partial charge in [-0.25, -0.2) is 4.79 Å². The summed E-state index contributed by atoms with van der Waals surface area (Å²) < 4.78 is 5.83. The largest absolute Gasteiger partial charge is 0.480 e. The summed E-state index contributed by atoms with van der Waals surface area (Å²) in [5.74, 6) is -2.50. The van der Waals surface area contributed by atoms with Gasteiger partial charge in [0.25, 0.3) is 0 Å². The van der Waals surface area contributed by atoms with Gasteiger partial charge in [0, 0.05) is 12.8 Å². The number of allylic oxidation sites excluding steroid dienone is 7. The third kappa shape index (κ3) is 30.2. The highest BCUT2D eigenvalue weighted by Gasteiger charge is 2.18. The Morgan fingerprint density at radius 3 is 1.73 bits per heavy atom. The maximum atomic E-state index is 12.6. The Morgan fingerprint density at radius 2 is 1.17 bits per heavy atom. The van der Waals surface area contributed by atoms with E-state index in [2.05, 4.69) is 60.9 Å². The van der Waals surface area contributed by atoms with Gasteiger partial charge in [-0.15, -0.1) is 0 Å². The number of unbranched alkanes of at least 4 members (excludes halogenated alkanes) is 12. The molecule has 0 saturated carbocycles. The summed E-state index contributed by atoms with van der Waals surface area (Å²) in [6.45, 7) is 3.28. The van der Waals surface area contributed by atoms with Crippen LogP contribution >= 0.6 is 0 Å². The molecular formula is C39H66N2O7. The van der Waals surface area contributed by atoms with Gasteiger partial charge in [-0.2, -0.15) is 0 Å². The predicted octanol–water partition coefficient (Wildman–Crippen LogP) is 8.03. The molecule has 0 aromatic carbocycles. The minimum atomic E-state index is -1.40. The number of hydrogen-bond acceptors (Lipinski definition) is 6. The molecule has 2 unspecified atom stereocenters. The first kappa shape index (κ1) is 44.8. The molecule has 2 amide bonds. The van der Waals surface area contributed by atoms with Crippen molar-refractivity contribution in [3.8, 4) is 0 Å². The predicted molar refractivity (Wildman–Crippen MR) is 194 cm³/mol. The smallest absolute Gasteiger partial charge is 0.328 e. The van der Waals surface area contributed by atoms with Gasteiger partial charge in [0.2, 0.25) is 11.8 Å². The number of hydrogen-bond donors (Lipinski definition) is 4. The third-order valence-electron chi connectivity index (χ3n) is 7.82. The summed E-state index contributed by atoms with van der Waals surface area (Å²) in [4.78, 5) is 47.4. The Morgan fingerprint density at radius 1 is 0.646 bits per heavy atom. The minimum absolute atomic E-state index is 0.164. The van der Waals surface area contributed by atoms with Crippen LogP contribution in [0.2, 0.25) is 0 Å². The van der Waals surface area contributed by atoms with E-state index in [1.165, 1.54) is 51.4 Å². The Labute approximate surface area is 290 Å². The quantitative estimate of drug-likeness (QED) is 0.0321. The summed E-state index contributed by atoms with van der Waals surface area (Å²) in [7, 11) is 0. The highest BCUT2D eigenvalue weighted by Crippen LogP contribution is 2.15. The van der Waals surface area contributed by atoms with E-state index in [1.807, 2.05) is 12.2 Å². The van der Waals surface area contributed by atoms with Crippen LogP contribution in [0.4, 0.5) is 0 Å². The normalized spacial score (nSPS) is 13.1. The molecule has 0 fully saturated rings. The zero-order valence-corrected chi connectivity index (χ0v) is 30.0. The van der Waals surface area contributed by atoms with Crippen LogP contribution in [0, 0.1) is 0 Å². The highest BCUT2D eigenvalue weighted by molar-refractivity contribution is 5.87. The van der Waals surface area contributed by atoms with Crippen molar-refractivity contribution >= 4 is 23.8 Å². The maximum Gasteiger partial charge on any atom is 0.328 e. The molecule has 0 spiro atoms. The van der Waals surface area contributed by atoms with E-state index in [9.17, 15) is 19.2 Å². The van der Waals surface area contributed by atoms with Crippen LogP contribution in [-0.4, -0.2) is 59.3 Å². The summed E-state index contributed by atoms with van der Waals surface area (Å²) in [5, 5.41) is 22.5. The van der Waals surface area contributed by atoms with E-state index in [4.69, 9.17) is 14.9 Å². The molecule has 0 aliphatic rings. The van der Waals surface area contributed by atoms with E-state index in [-0.39, 0.29) is 30.9 Å². The van der Waals surface area contributed by atoms with Crippen molar-refractivity contribution in [2.45, 2.75) is 161 Å². The van der Waals surface area contributed by atoms with Crippen LogP contribution in [0.3, 0.4) is 0 Å². The standard InChI is InChI=1S/C39H66N2O7/c1-3-5-7-9-11-13-15-17-19-21-24-28-34(48-38(45)31-27-22-20-18-16-14-12-10-8-6-4-2)29-25-23-26-30-36(43)40-32-37(44)41-35(33-42)39(46)47/h5,7,11,13,17,19,24,28,34-35,42H,3-4,6,8-10,12,14-16,18,20-23,25-27,29-33H2,1-2H3,(H,40,43)(H,41,44)(H,46,47)/b7-5-,13-11-,19-17-,28-24-. The molecule has 0 aromatic rings. The van der Waals surface area contributed by atoms with Crippen LogP contribution < -0.4 is 10.6 Å². The van der Waals surface area contributed by atoms with E-state index in [0.29, 0.717) is 19.3 Å². The van der Waals surface area contributed by atoms with Crippen LogP contribution in [0.1, 0.15) is 149 Å².